The number of halogens is 4. The lowest BCUT2D eigenvalue weighted by molar-refractivity contribution is 0.454. The van der Waals surface area contributed by atoms with Crippen molar-refractivity contribution in [3.63, 3.8) is 0 Å². The molecule has 0 saturated carbocycles. The zero-order valence-electron chi connectivity index (χ0n) is 11.0. The SMILES string of the molecule is Nc1ccc(/N=N/c2ccc(S(=O)(=O)O)c(F)c2F)c(F)c1F. The number of nitrogen functional groups attached to an aromatic ring is 1. The van der Waals surface area contributed by atoms with Crippen LogP contribution in [0.25, 0.3) is 0 Å². The van der Waals surface area contributed by atoms with Gasteiger partial charge >= 0.3 is 0 Å². The normalized spacial score (nSPS) is 12.0. The van der Waals surface area contributed by atoms with Crippen LogP contribution in [0, 0.1) is 23.3 Å². The number of nitrogens with two attached hydrogens (primary N) is 1. The molecular weight excluding hydrogens is 342 g/mol. The zero-order chi connectivity index (χ0) is 17.4. The molecule has 0 aliphatic rings. The first-order valence-electron chi connectivity index (χ1n) is 5.73. The minimum atomic E-state index is -4.97. The van der Waals surface area contributed by atoms with Gasteiger partial charge in [-0.1, -0.05) is 0 Å². The number of rotatable bonds is 3. The summed E-state index contributed by atoms with van der Waals surface area (Å²) in [5.41, 5.74) is 3.23. The molecule has 11 heteroatoms. The summed E-state index contributed by atoms with van der Waals surface area (Å²) < 4.78 is 84.2. The Kier molecular flexibility index (Phi) is 4.34. The Morgan fingerprint density at radius 2 is 1.30 bits per heavy atom. The Labute approximate surface area is 127 Å². The summed E-state index contributed by atoms with van der Waals surface area (Å²) in [5, 5.41) is 6.39. The van der Waals surface area contributed by atoms with Crippen molar-refractivity contribution in [1.82, 2.24) is 0 Å². The van der Waals surface area contributed by atoms with Gasteiger partial charge in [0.1, 0.15) is 16.3 Å². The molecule has 0 heterocycles. The molecule has 2 aromatic carbocycles. The number of anilines is 1. The summed E-state index contributed by atoms with van der Waals surface area (Å²) in [6.07, 6.45) is 0. The Balaban J connectivity index is 2.46. The van der Waals surface area contributed by atoms with Crippen LogP contribution in [0.5, 0.6) is 0 Å². The highest BCUT2D eigenvalue weighted by Gasteiger charge is 2.22. The van der Waals surface area contributed by atoms with E-state index in [0.717, 1.165) is 12.1 Å². The van der Waals surface area contributed by atoms with Gasteiger partial charge in [-0.15, -0.1) is 10.2 Å². The second kappa shape index (κ2) is 5.93. The number of hydrogen-bond donors (Lipinski definition) is 2. The van der Waals surface area contributed by atoms with Crippen LogP contribution in [0.3, 0.4) is 0 Å². The van der Waals surface area contributed by atoms with E-state index < -0.39 is 55.3 Å². The molecule has 6 nitrogen and oxygen atoms in total. The lowest BCUT2D eigenvalue weighted by atomic mass is 10.2. The Bertz CT molecular complexity index is 916. The van der Waals surface area contributed by atoms with Crippen molar-refractivity contribution in [2.45, 2.75) is 4.90 Å². The molecule has 0 aromatic heterocycles. The fourth-order valence-electron chi connectivity index (χ4n) is 1.54. The van der Waals surface area contributed by atoms with Crippen molar-refractivity contribution in [2.24, 2.45) is 10.2 Å². The maximum absolute atomic E-state index is 13.6. The van der Waals surface area contributed by atoms with Crippen molar-refractivity contribution >= 4 is 27.2 Å². The van der Waals surface area contributed by atoms with Gasteiger partial charge in [0.25, 0.3) is 10.1 Å². The Morgan fingerprint density at radius 3 is 1.83 bits per heavy atom. The van der Waals surface area contributed by atoms with E-state index in [-0.39, 0.29) is 0 Å². The first-order valence-corrected chi connectivity index (χ1v) is 7.17. The van der Waals surface area contributed by atoms with Crippen molar-refractivity contribution in [2.75, 3.05) is 5.73 Å². The van der Waals surface area contributed by atoms with Gasteiger partial charge in [-0.2, -0.15) is 8.42 Å². The summed E-state index contributed by atoms with van der Waals surface area (Å²) in [7, 11) is -4.97. The van der Waals surface area contributed by atoms with Gasteiger partial charge in [0, 0.05) is 0 Å². The van der Waals surface area contributed by atoms with E-state index in [9.17, 15) is 26.0 Å². The first kappa shape index (κ1) is 16.8. The van der Waals surface area contributed by atoms with Crippen molar-refractivity contribution in [3.05, 3.63) is 47.5 Å². The lowest BCUT2D eigenvalue weighted by Gasteiger charge is -2.03. The molecule has 0 aliphatic heterocycles. The van der Waals surface area contributed by atoms with Crippen molar-refractivity contribution in [1.29, 1.82) is 0 Å². The molecule has 0 radical (unpaired) electrons. The van der Waals surface area contributed by atoms with E-state index in [2.05, 4.69) is 10.2 Å². The lowest BCUT2D eigenvalue weighted by Crippen LogP contribution is -2.03. The largest absolute Gasteiger partial charge is 0.396 e. The van der Waals surface area contributed by atoms with Gasteiger partial charge in [0.2, 0.25) is 0 Å². The molecule has 0 unspecified atom stereocenters. The van der Waals surface area contributed by atoms with Gasteiger partial charge in [0.15, 0.2) is 23.3 Å². The van der Waals surface area contributed by atoms with Crippen LogP contribution in [-0.4, -0.2) is 13.0 Å². The van der Waals surface area contributed by atoms with Crippen molar-refractivity contribution in [3.8, 4) is 0 Å². The minimum Gasteiger partial charge on any atom is -0.396 e. The molecule has 0 fully saturated rings. The molecule has 3 N–H and O–H groups in total. The second-order valence-corrected chi connectivity index (χ2v) is 5.58. The highest BCUT2D eigenvalue weighted by molar-refractivity contribution is 7.85. The Morgan fingerprint density at radius 1 is 0.826 bits per heavy atom. The van der Waals surface area contributed by atoms with E-state index in [1.807, 2.05) is 0 Å². The summed E-state index contributed by atoms with van der Waals surface area (Å²) in [5.74, 6) is -6.44. The van der Waals surface area contributed by atoms with E-state index in [1.54, 1.807) is 0 Å². The van der Waals surface area contributed by atoms with Crippen molar-refractivity contribution < 1.29 is 30.5 Å². The Hall–Kier alpha value is -2.53. The van der Waals surface area contributed by atoms with Crippen LogP contribution < -0.4 is 5.73 Å². The first-order chi connectivity index (χ1) is 10.6. The van der Waals surface area contributed by atoms with E-state index in [4.69, 9.17) is 10.3 Å². The van der Waals surface area contributed by atoms with Crippen LogP contribution in [0.2, 0.25) is 0 Å². The van der Waals surface area contributed by atoms with Crippen LogP contribution >= 0.6 is 0 Å². The van der Waals surface area contributed by atoms with Gasteiger partial charge in [-0.25, -0.2) is 17.6 Å². The number of azo groups is 1. The molecule has 23 heavy (non-hydrogen) atoms. The fourth-order valence-corrected chi connectivity index (χ4v) is 2.09. The number of hydrogen-bond acceptors (Lipinski definition) is 5. The standard InChI is InChI=1S/C12H7F4N3O3S/c13-9-5(17)1-2-6(10(9)14)18-19-7-3-4-8(23(20,21)22)12(16)11(7)15/h1-4H,17H2,(H,20,21,22)/b19-18+. The molecule has 2 rings (SSSR count). The zero-order valence-corrected chi connectivity index (χ0v) is 11.8. The molecule has 0 spiro atoms. The topological polar surface area (TPSA) is 105 Å². The average Bonchev–Trinajstić information content (AvgIpc) is 2.46. The van der Waals surface area contributed by atoms with E-state index in [1.165, 1.54) is 0 Å². The number of nitrogens with zero attached hydrogens (tertiary/aromatic N) is 2. The summed E-state index contributed by atoms with van der Waals surface area (Å²) >= 11 is 0. The molecule has 0 aliphatic carbocycles. The second-order valence-electron chi connectivity index (χ2n) is 4.19. The fraction of sp³-hybridized carbons (Fsp3) is 0. The predicted molar refractivity (Wildman–Crippen MR) is 71.1 cm³/mol. The van der Waals surface area contributed by atoms with Crippen LogP contribution in [0.1, 0.15) is 0 Å². The maximum Gasteiger partial charge on any atom is 0.297 e. The highest BCUT2D eigenvalue weighted by atomic mass is 32.2. The van der Waals surface area contributed by atoms with Crippen LogP contribution in [0.4, 0.5) is 34.6 Å². The smallest absolute Gasteiger partial charge is 0.297 e. The van der Waals surface area contributed by atoms with Gasteiger partial charge in [-0.05, 0) is 24.3 Å². The molecule has 0 saturated heterocycles. The quantitative estimate of drug-likeness (QED) is 0.383. The minimum absolute atomic E-state index is 0.476. The molecule has 0 amide bonds. The molecular formula is C12H7F4N3O3S. The molecule has 122 valence electrons. The summed E-state index contributed by atoms with van der Waals surface area (Å²) in [6.45, 7) is 0. The third-order valence-corrected chi connectivity index (χ3v) is 3.53. The monoisotopic (exact) mass is 349 g/mol. The maximum atomic E-state index is 13.6. The predicted octanol–water partition coefficient (Wildman–Crippen LogP) is 3.49. The van der Waals surface area contributed by atoms with Gasteiger partial charge < -0.3 is 5.73 Å². The van der Waals surface area contributed by atoms with E-state index >= 15 is 0 Å². The van der Waals surface area contributed by atoms with Gasteiger partial charge in [0.05, 0.1) is 5.69 Å². The van der Waals surface area contributed by atoms with E-state index in [0.29, 0.717) is 12.1 Å². The third-order valence-electron chi connectivity index (χ3n) is 2.66. The number of benzene rings is 2. The highest BCUT2D eigenvalue weighted by Crippen LogP contribution is 2.29. The molecule has 2 aromatic rings. The third kappa shape index (κ3) is 3.29. The molecule has 0 atom stereocenters. The average molecular weight is 349 g/mol. The summed E-state index contributed by atoms with van der Waals surface area (Å²) in [6, 6.07) is 3.18. The van der Waals surface area contributed by atoms with Crippen LogP contribution in [0.15, 0.2) is 39.4 Å². The molecule has 0 bridgehead atoms. The summed E-state index contributed by atoms with van der Waals surface area (Å²) in [4.78, 5) is -1.29. The van der Waals surface area contributed by atoms with Gasteiger partial charge in [-0.3, -0.25) is 4.55 Å². The van der Waals surface area contributed by atoms with Crippen LogP contribution in [-0.2, 0) is 10.1 Å².